The van der Waals surface area contributed by atoms with Gasteiger partial charge in [-0.05, 0) is 49.4 Å². The van der Waals surface area contributed by atoms with Crippen LogP contribution in [0.25, 0.3) is 0 Å². The Morgan fingerprint density at radius 3 is 2.74 bits per heavy atom. The monoisotopic (exact) mass is 426 g/mol. The highest BCUT2D eigenvalue weighted by atomic mass is 16.5. The first-order valence-electron chi connectivity index (χ1n) is 11.4. The zero-order valence-corrected chi connectivity index (χ0v) is 17.8. The summed E-state index contributed by atoms with van der Waals surface area (Å²) in [6.07, 6.45) is 3.87. The van der Waals surface area contributed by atoms with Gasteiger partial charge >= 0.3 is 0 Å². The fourth-order valence-electron chi connectivity index (χ4n) is 5.54. The van der Waals surface area contributed by atoms with Crippen molar-refractivity contribution in [2.45, 2.75) is 56.8 Å². The number of imide groups is 1. The second-order valence-corrected chi connectivity index (χ2v) is 9.15. The Bertz CT molecular complexity index is 896. The lowest BCUT2D eigenvalue weighted by Gasteiger charge is -2.45. The van der Waals surface area contributed by atoms with Crippen LogP contribution in [0, 0.1) is 0 Å². The van der Waals surface area contributed by atoms with Crippen LogP contribution in [0.2, 0.25) is 0 Å². The maximum absolute atomic E-state index is 13.1. The minimum absolute atomic E-state index is 0.107. The molecule has 3 amide bonds. The standard InChI is InChI=1S/C23H30N4O4/c28-20-4-3-19(21(29)25-20)27-15-17-2-1-16(13-18(17)22(27)30)14-26-10-9-24-8-5-23(26)6-11-31-12-7-23/h1-2,13,19,24H,3-12,14-15H2,(H,25,28,29). The average Bonchev–Trinajstić information content (AvgIpc) is 2.97. The molecule has 8 nitrogen and oxygen atoms in total. The summed E-state index contributed by atoms with van der Waals surface area (Å²) in [6, 6.07) is 5.59. The summed E-state index contributed by atoms with van der Waals surface area (Å²) in [6.45, 7) is 5.82. The Labute approximate surface area is 182 Å². The number of piperidine rings is 1. The topological polar surface area (TPSA) is 91.0 Å². The van der Waals surface area contributed by atoms with Gasteiger partial charge in [-0.25, -0.2) is 0 Å². The molecule has 1 atom stereocenters. The molecule has 3 fully saturated rings. The first-order chi connectivity index (χ1) is 15.1. The fraction of sp³-hybridized carbons (Fsp3) is 0.609. The van der Waals surface area contributed by atoms with Crippen LogP contribution in [0.4, 0.5) is 0 Å². The SMILES string of the molecule is O=C1CCC(N2Cc3ccc(CN4CCNCCC45CCOCC5)cc3C2=O)C(=O)N1. The van der Waals surface area contributed by atoms with Crippen LogP contribution in [0.3, 0.4) is 0 Å². The van der Waals surface area contributed by atoms with Crippen LogP contribution in [0.5, 0.6) is 0 Å². The normalized spacial score (nSPS) is 26.6. The van der Waals surface area contributed by atoms with Gasteiger partial charge in [0.1, 0.15) is 6.04 Å². The van der Waals surface area contributed by atoms with Gasteiger partial charge in [-0.1, -0.05) is 12.1 Å². The van der Waals surface area contributed by atoms with Crippen molar-refractivity contribution in [2.24, 2.45) is 0 Å². The second-order valence-electron chi connectivity index (χ2n) is 9.15. The van der Waals surface area contributed by atoms with Gasteiger partial charge < -0.3 is 15.0 Å². The van der Waals surface area contributed by atoms with E-state index < -0.39 is 6.04 Å². The molecule has 1 spiro atoms. The van der Waals surface area contributed by atoms with E-state index in [-0.39, 0.29) is 29.7 Å². The van der Waals surface area contributed by atoms with Crippen LogP contribution in [0.15, 0.2) is 18.2 Å². The molecule has 1 unspecified atom stereocenters. The fourth-order valence-corrected chi connectivity index (χ4v) is 5.54. The van der Waals surface area contributed by atoms with Crippen LogP contribution in [-0.2, 0) is 27.4 Å². The van der Waals surface area contributed by atoms with Crippen molar-refractivity contribution in [1.29, 1.82) is 0 Å². The molecule has 2 N–H and O–H groups in total. The molecule has 166 valence electrons. The van der Waals surface area contributed by atoms with Gasteiger partial charge in [0, 0.05) is 56.9 Å². The lowest BCUT2D eigenvalue weighted by Crippen LogP contribution is -2.52. The maximum Gasteiger partial charge on any atom is 0.255 e. The molecule has 1 aromatic rings. The molecule has 4 aliphatic rings. The third kappa shape index (κ3) is 3.88. The second kappa shape index (κ2) is 8.33. The zero-order chi connectivity index (χ0) is 21.4. The van der Waals surface area contributed by atoms with Gasteiger partial charge in [0.2, 0.25) is 11.8 Å². The van der Waals surface area contributed by atoms with Crippen LogP contribution in [0.1, 0.15) is 53.6 Å². The summed E-state index contributed by atoms with van der Waals surface area (Å²) in [5, 5.41) is 5.89. The van der Waals surface area contributed by atoms with Crippen molar-refractivity contribution in [2.75, 3.05) is 32.8 Å². The van der Waals surface area contributed by atoms with Gasteiger partial charge in [0.25, 0.3) is 5.91 Å². The van der Waals surface area contributed by atoms with Crippen molar-refractivity contribution in [3.05, 3.63) is 34.9 Å². The van der Waals surface area contributed by atoms with Gasteiger partial charge in [-0.15, -0.1) is 0 Å². The lowest BCUT2D eigenvalue weighted by atomic mass is 9.84. The van der Waals surface area contributed by atoms with Gasteiger partial charge in [0.15, 0.2) is 0 Å². The number of nitrogens with zero attached hydrogens (tertiary/aromatic N) is 2. The molecule has 3 saturated heterocycles. The van der Waals surface area contributed by atoms with Gasteiger partial charge in [0.05, 0.1) is 0 Å². The molecule has 5 rings (SSSR count). The van der Waals surface area contributed by atoms with E-state index in [0.29, 0.717) is 18.5 Å². The summed E-state index contributed by atoms with van der Waals surface area (Å²) >= 11 is 0. The first-order valence-corrected chi connectivity index (χ1v) is 11.4. The average molecular weight is 427 g/mol. The number of ether oxygens (including phenoxy) is 1. The van der Waals surface area contributed by atoms with Crippen LogP contribution in [-0.4, -0.2) is 72.0 Å². The Morgan fingerprint density at radius 1 is 1.10 bits per heavy atom. The molecule has 8 heteroatoms. The Hall–Kier alpha value is -2.29. The van der Waals surface area contributed by atoms with Crippen LogP contribution >= 0.6 is 0 Å². The molecule has 0 aromatic heterocycles. The molecular weight excluding hydrogens is 396 g/mol. The predicted octanol–water partition coefficient (Wildman–Crippen LogP) is 0.792. The van der Waals surface area contributed by atoms with Crippen molar-refractivity contribution in [3.63, 3.8) is 0 Å². The van der Waals surface area contributed by atoms with Crippen molar-refractivity contribution in [3.8, 4) is 0 Å². The molecule has 1 aromatic carbocycles. The summed E-state index contributed by atoms with van der Waals surface area (Å²) in [7, 11) is 0. The molecule has 0 aliphatic carbocycles. The van der Waals surface area contributed by atoms with E-state index in [0.717, 1.165) is 69.8 Å². The van der Waals surface area contributed by atoms with Crippen molar-refractivity contribution >= 4 is 17.7 Å². The number of rotatable bonds is 3. The Balaban J connectivity index is 1.34. The summed E-state index contributed by atoms with van der Waals surface area (Å²) in [4.78, 5) is 41.1. The molecule has 0 bridgehead atoms. The third-order valence-corrected chi connectivity index (χ3v) is 7.39. The summed E-state index contributed by atoms with van der Waals surface area (Å²) < 4.78 is 5.64. The largest absolute Gasteiger partial charge is 0.381 e. The number of hydrogen-bond acceptors (Lipinski definition) is 6. The molecule has 0 radical (unpaired) electrons. The first kappa shape index (κ1) is 20.6. The minimum Gasteiger partial charge on any atom is -0.381 e. The molecular formula is C23H30N4O4. The minimum atomic E-state index is -0.566. The highest BCUT2D eigenvalue weighted by Gasteiger charge is 2.41. The van der Waals surface area contributed by atoms with Gasteiger partial charge in [-0.3, -0.25) is 24.6 Å². The predicted molar refractivity (Wildman–Crippen MR) is 113 cm³/mol. The van der Waals surface area contributed by atoms with E-state index in [2.05, 4.69) is 21.6 Å². The Morgan fingerprint density at radius 2 is 1.94 bits per heavy atom. The van der Waals surface area contributed by atoms with Crippen molar-refractivity contribution in [1.82, 2.24) is 20.4 Å². The number of benzene rings is 1. The maximum atomic E-state index is 13.1. The molecule has 31 heavy (non-hydrogen) atoms. The number of hydrogen-bond donors (Lipinski definition) is 2. The molecule has 4 aliphatic heterocycles. The lowest BCUT2D eigenvalue weighted by molar-refractivity contribution is -0.136. The van der Waals surface area contributed by atoms with E-state index >= 15 is 0 Å². The summed E-state index contributed by atoms with van der Waals surface area (Å²) in [5.41, 5.74) is 2.93. The zero-order valence-electron chi connectivity index (χ0n) is 17.8. The van der Waals surface area contributed by atoms with E-state index in [4.69, 9.17) is 4.74 Å². The number of carbonyl (C=O) groups is 3. The number of nitrogens with one attached hydrogen (secondary N) is 2. The third-order valence-electron chi connectivity index (χ3n) is 7.39. The van der Waals surface area contributed by atoms with E-state index in [9.17, 15) is 14.4 Å². The molecule has 4 heterocycles. The number of amides is 3. The van der Waals surface area contributed by atoms with E-state index in [1.54, 1.807) is 4.90 Å². The quantitative estimate of drug-likeness (QED) is 0.695. The number of carbonyl (C=O) groups excluding carboxylic acids is 3. The number of fused-ring (bicyclic) bond motifs is 1. The van der Waals surface area contributed by atoms with Crippen LogP contribution < -0.4 is 10.6 Å². The Kier molecular flexibility index (Phi) is 5.54. The van der Waals surface area contributed by atoms with Gasteiger partial charge in [-0.2, -0.15) is 0 Å². The summed E-state index contributed by atoms with van der Waals surface area (Å²) in [5.74, 6) is -0.734. The molecule has 0 saturated carbocycles. The smallest absolute Gasteiger partial charge is 0.255 e. The van der Waals surface area contributed by atoms with Crippen molar-refractivity contribution < 1.29 is 19.1 Å². The highest BCUT2D eigenvalue weighted by Crippen LogP contribution is 2.34. The van der Waals surface area contributed by atoms with E-state index in [1.165, 1.54) is 0 Å². The van der Waals surface area contributed by atoms with E-state index in [1.807, 2.05) is 12.1 Å². The highest BCUT2D eigenvalue weighted by molar-refractivity contribution is 6.05.